The molecule has 0 aliphatic carbocycles. The van der Waals surface area contributed by atoms with E-state index in [4.69, 9.17) is 0 Å². The molecule has 1 rings (SSSR count). The zero-order valence-electron chi connectivity index (χ0n) is 12.4. The predicted molar refractivity (Wildman–Crippen MR) is 81.5 cm³/mol. The lowest BCUT2D eigenvalue weighted by Gasteiger charge is -2.17. The molecule has 0 bridgehead atoms. The third-order valence-electron chi connectivity index (χ3n) is 3.42. The van der Waals surface area contributed by atoms with Crippen molar-refractivity contribution >= 4 is 21.7 Å². The lowest BCUT2D eigenvalue weighted by molar-refractivity contribution is -0.118. The Labute approximate surface area is 124 Å². The molecule has 1 aromatic rings. The van der Waals surface area contributed by atoms with Crippen LogP contribution in [0.2, 0.25) is 0 Å². The predicted octanol–water partition coefficient (Wildman–Crippen LogP) is 2.82. The Hall–Kier alpha value is -0.680. The highest BCUT2D eigenvalue weighted by atomic mass is 79.9. The molecule has 4 nitrogen and oxygen atoms in total. The Morgan fingerprint density at radius 1 is 1.32 bits per heavy atom. The van der Waals surface area contributed by atoms with Gasteiger partial charge in [0.15, 0.2) is 0 Å². The van der Waals surface area contributed by atoms with E-state index in [1.54, 1.807) is 0 Å². The summed E-state index contributed by atoms with van der Waals surface area (Å²) in [5.74, 6) is 0.280. The summed E-state index contributed by atoms with van der Waals surface area (Å²) in [5, 5.41) is 4.42. The van der Waals surface area contributed by atoms with E-state index in [1.807, 2.05) is 18.5 Å². The lowest BCUT2D eigenvalue weighted by atomic mass is 10.1. The van der Waals surface area contributed by atoms with Crippen molar-refractivity contribution in [2.75, 3.05) is 19.6 Å². The summed E-state index contributed by atoms with van der Waals surface area (Å²) >= 11 is 3.53. The van der Waals surface area contributed by atoms with Crippen LogP contribution in [-0.4, -0.2) is 40.1 Å². The van der Waals surface area contributed by atoms with Gasteiger partial charge in [0, 0.05) is 25.9 Å². The zero-order chi connectivity index (χ0) is 14.4. The second kappa shape index (κ2) is 7.80. The Balaban J connectivity index is 2.62. The summed E-state index contributed by atoms with van der Waals surface area (Å²) in [4.78, 5) is 14.4. The fourth-order valence-electron chi connectivity index (χ4n) is 2.14. The molecule has 0 fully saturated rings. The minimum Gasteiger partial charge on any atom is -0.303 e. The van der Waals surface area contributed by atoms with Gasteiger partial charge in [0.05, 0.1) is 15.9 Å². The molecule has 5 heteroatoms. The van der Waals surface area contributed by atoms with Gasteiger partial charge in [-0.1, -0.05) is 13.8 Å². The number of nitrogens with zero attached hydrogens (tertiary/aromatic N) is 3. The highest BCUT2D eigenvalue weighted by Crippen LogP contribution is 2.21. The van der Waals surface area contributed by atoms with Gasteiger partial charge >= 0.3 is 0 Å². The van der Waals surface area contributed by atoms with Crippen molar-refractivity contribution in [3.63, 3.8) is 0 Å². The van der Waals surface area contributed by atoms with Gasteiger partial charge in [-0.2, -0.15) is 5.10 Å². The van der Waals surface area contributed by atoms with Gasteiger partial charge < -0.3 is 4.90 Å². The number of rotatable bonds is 8. The molecule has 0 spiro atoms. The van der Waals surface area contributed by atoms with E-state index in [0.717, 1.165) is 42.0 Å². The highest BCUT2D eigenvalue weighted by Gasteiger charge is 2.15. The van der Waals surface area contributed by atoms with E-state index < -0.39 is 0 Å². The standard InChI is InChI=1S/C14H24BrN3O/c1-5-17(6-2)9-8-12(19)10-13-14(15)11(4)16-18(13)7-3/h5-10H2,1-4H3. The fourth-order valence-corrected chi connectivity index (χ4v) is 2.56. The van der Waals surface area contributed by atoms with Crippen molar-refractivity contribution in [2.24, 2.45) is 0 Å². The Morgan fingerprint density at radius 2 is 1.95 bits per heavy atom. The zero-order valence-corrected chi connectivity index (χ0v) is 14.0. The van der Waals surface area contributed by atoms with E-state index in [9.17, 15) is 4.79 Å². The normalized spacial score (nSPS) is 11.3. The van der Waals surface area contributed by atoms with Crippen LogP contribution in [0.5, 0.6) is 0 Å². The quantitative estimate of drug-likeness (QED) is 0.736. The number of Topliss-reactive ketones (excluding diaryl/α,β-unsaturated/α-hetero) is 1. The van der Waals surface area contributed by atoms with Gasteiger partial charge in [-0.3, -0.25) is 9.48 Å². The monoisotopic (exact) mass is 329 g/mol. The summed E-state index contributed by atoms with van der Waals surface area (Å²) < 4.78 is 2.89. The molecule has 0 saturated heterocycles. The molecule has 0 aromatic carbocycles. The number of hydrogen-bond acceptors (Lipinski definition) is 3. The summed E-state index contributed by atoms with van der Waals surface area (Å²) in [6.07, 6.45) is 1.08. The van der Waals surface area contributed by atoms with Crippen LogP contribution in [0.25, 0.3) is 0 Å². The van der Waals surface area contributed by atoms with Crippen molar-refractivity contribution < 1.29 is 4.79 Å². The first kappa shape index (κ1) is 16.4. The molecule has 0 amide bonds. The van der Waals surface area contributed by atoms with E-state index in [0.29, 0.717) is 12.8 Å². The smallest absolute Gasteiger partial charge is 0.140 e. The number of carbonyl (C=O) groups is 1. The number of carbonyl (C=O) groups excluding carboxylic acids is 1. The molecule has 0 aliphatic heterocycles. The second-order valence-electron chi connectivity index (χ2n) is 4.65. The van der Waals surface area contributed by atoms with Gasteiger partial charge in [0.25, 0.3) is 0 Å². The largest absolute Gasteiger partial charge is 0.303 e. The summed E-state index contributed by atoms with van der Waals surface area (Å²) in [6.45, 7) is 11.9. The molecule has 0 radical (unpaired) electrons. The van der Waals surface area contributed by atoms with Crippen LogP contribution in [0.15, 0.2) is 4.47 Å². The molecular formula is C14H24BrN3O. The number of hydrogen-bond donors (Lipinski definition) is 0. The Kier molecular flexibility index (Phi) is 6.72. The average molecular weight is 330 g/mol. The first-order chi connectivity index (χ1) is 9.03. The lowest BCUT2D eigenvalue weighted by Crippen LogP contribution is -2.26. The number of ketones is 1. The van der Waals surface area contributed by atoms with Crippen molar-refractivity contribution in [1.29, 1.82) is 0 Å². The van der Waals surface area contributed by atoms with Gasteiger partial charge in [0.2, 0.25) is 0 Å². The van der Waals surface area contributed by atoms with Crippen LogP contribution < -0.4 is 0 Å². The van der Waals surface area contributed by atoms with Gasteiger partial charge in [-0.15, -0.1) is 0 Å². The van der Waals surface area contributed by atoms with Crippen molar-refractivity contribution in [3.8, 4) is 0 Å². The topological polar surface area (TPSA) is 38.1 Å². The summed E-state index contributed by atoms with van der Waals surface area (Å²) in [6, 6.07) is 0. The third-order valence-corrected chi connectivity index (χ3v) is 4.45. The average Bonchev–Trinajstić information content (AvgIpc) is 2.67. The van der Waals surface area contributed by atoms with Crippen molar-refractivity contribution in [1.82, 2.24) is 14.7 Å². The van der Waals surface area contributed by atoms with Gasteiger partial charge in [-0.25, -0.2) is 0 Å². The third kappa shape index (κ3) is 4.42. The molecule has 19 heavy (non-hydrogen) atoms. The van der Waals surface area contributed by atoms with E-state index in [2.05, 4.69) is 39.8 Å². The molecule has 0 saturated carbocycles. The Morgan fingerprint density at radius 3 is 2.47 bits per heavy atom. The highest BCUT2D eigenvalue weighted by molar-refractivity contribution is 9.10. The molecule has 0 atom stereocenters. The molecule has 1 heterocycles. The number of aromatic nitrogens is 2. The molecule has 0 unspecified atom stereocenters. The van der Waals surface area contributed by atoms with E-state index >= 15 is 0 Å². The van der Waals surface area contributed by atoms with Crippen molar-refractivity contribution in [3.05, 3.63) is 15.9 Å². The first-order valence-corrected chi connectivity index (χ1v) is 7.78. The molecule has 0 N–H and O–H groups in total. The molecule has 1 aromatic heterocycles. The number of halogens is 1. The van der Waals surface area contributed by atoms with E-state index in [1.165, 1.54) is 0 Å². The summed E-state index contributed by atoms with van der Waals surface area (Å²) in [7, 11) is 0. The Bertz CT molecular complexity index is 425. The van der Waals surface area contributed by atoms with Crippen LogP contribution in [-0.2, 0) is 17.8 Å². The van der Waals surface area contributed by atoms with Crippen LogP contribution in [0, 0.1) is 6.92 Å². The van der Waals surface area contributed by atoms with Crippen LogP contribution in [0.1, 0.15) is 38.6 Å². The fraction of sp³-hybridized carbons (Fsp3) is 0.714. The van der Waals surface area contributed by atoms with Crippen LogP contribution in [0.4, 0.5) is 0 Å². The van der Waals surface area contributed by atoms with Crippen molar-refractivity contribution in [2.45, 2.75) is 47.1 Å². The molecule has 108 valence electrons. The maximum absolute atomic E-state index is 12.1. The molecule has 0 aliphatic rings. The van der Waals surface area contributed by atoms with Crippen LogP contribution in [0.3, 0.4) is 0 Å². The first-order valence-electron chi connectivity index (χ1n) is 6.99. The maximum atomic E-state index is 12.1. The number of aryl methyl sites for hydroxylation is 2. The second-order valence-corrected chi connectivity index (χ2v) is 5.45. The molecular weight excluding hydrogens is 306 g/mol. The van der Waals surface area contributed by atoms with Crippen LogP contribution >= 0.6 is 15.9 Å². The maximum Gasteiger partial charge on any atom is 0.140 e. The van der Waals surface area contributed by atoms with Gasteiger partial charge in [0.1, 0.15) is 5.78 Å². The minimum atomic E-state index is 0.280. The SMILES string of the molecule is CCN(CC)CCC(=O)Cc1c(Br)c(C)nn1CC. The van der Waals surface area contributed by atoms with Gasteiger partial charge in [-0.05, 0) is 42.9 Å². The van der Waals surface area contributed by atoms with E-state index in [-0.39, 0.29) is 5.78 Å². The summed E-state index contributed by atoms with van der Waals surface area (Å²) in [5.41, 5.74) is 1.96. The minimum absolute atomic E-state index is 0.280.